The lowest BCUT2D eigenvalue weighted by Gasteiger charge is -2.05. The predicted octanol–water partition coefficient (Wildman–Crippen LogP) is 2.37. The van der Waals surface area contributed by atoms with Crippen LogP contribution in [0.15, 0.2) is 54.1 Å². The van der Waals surface area contributed by atoms with Gasteiger partial charge in [-0.1, -0.05) is 12.1 Å². The molecule has 0 bridgehead atoms. The van der Waals surface area contributed by atoms with Gasteiger partial charge in [0.15, 0.2) is 0 Å². The second-order valence-corrected chi connectivity index (χ2v) is 4.16. The van der Waals surface area contributed by atoms with Crippen molar-refractivity contribution in [2.75, 3.05) is 14.2 Å². The summed E-state index contributed by atoms with van der Waals surface area (Å²) >= 11 is 0. The van der Waals surface area contributed by atoms with E-state index in [4.69, 9.17) is 9.16 Å². The van der Waals surface area contributed by atoms with Crippen molar-refractivity contribution >= 4 is 17.3 Å². The normalized spacial score (nSPS) is 13.3. The molecule has 1 aromatic carbocycles. The number of benzene rings is 1. The third kappa shape index (κ3) is 2.85. The second-order valence-electron chi connectivity index (χ2n) is 4.16. The monoisotopic (exact) mass is 272 g/mol. The molecule has 4 nitrogen and oxygen atoms in total. The van der Waals surface area contributed by atoms with Crippen LogP contribution in [0.5, 0.6) is 5.75 Å². The Bertz CT molecular complexity index is 613. The zero-order chi connectivity index (χ0) is 14.5. The largest absolute Gasteiger partial charge is 0.516 e. The van der Waals surface area contributed by atoms with E-state index in [9.17, 15) is 9.90 Å². The fraction of sp³-hybridized carbons (Fsp3) is 0.125. The third-order valence-electron chi connectivity index (χ3n) is 2.98. The number of methoxy groups -OCH3 is 1. The number of aliphatic carboxylic acids is 1. The van der Waals surface area contributed by atoms with Crippen molar-refractivity contribution in [2.24, 2.45) is 0 Å². The van der Waals surface area contributed by atoms with Crippen LogP contribution in [0.3, 0.4) is 0 Å². The number of hydrogen-bond donors (Lipinski definition) is 1. The minimum absolute atomic E-state index is 0.357. The van der Waals surface area contributed by atoms with E-state index in [0.29, 0.717) is 28.2 Å². The second kappa shape index (κ2) is 6.02. The van der Waals surface area contributed by atoms with Crippen molar-refractivity contribution < 1.29 is 19.1 Å². The molecule has 0 unspecified atom stereocenters. The fourth-order valence-corrected chi connectivity index (χ4v) is 1.94. The molecule has 0 aliphatic heterocycles. The molecule has 0 atom stereocenters. The van der Waals surface area contributed by atoms with E-state index in [1.165, 1.54) is 0 Å². The van der Waals surface area contributed by atoms with E-state index in [0.717, 1.165) is 0 Å². The molecule has 102 valence electrons. The van der Waals surface area contributed by atoms with Crippen molar-refractivity contribution in [3.63, 3.8) is 0 Å². The van der Waals surface area contributed by atoms with Gasteiger partial charge in [0.1, 0.15) is 11.3 Å². The Labute approximate surface area is 117 Å². The summed E-state index contributed by atoms with van der Waals surface area (Å²) in [4.78, 5) is 9.54. The Morgan fingerprint density at radius 3 is 2.15 bits per heavy atom. The molecule has 0 radical (unpaired) electrons. The Balaban J connectivity index is 2.47. The van der Waals surface area contributed by atoms with Crippen LogP contribution in [0.25, 0.3) is 5.57 Å². The standard InChI is InChI=1S/C16H14O4/c1-19-13-7-3-11(4-8-13)15(16(17)18)12-5-9-14(20-2)10-6-12/h3-10H,1-2H3/p+2. The van der Waals surface area contributed by atoms with Crippen LogP contribution >= 0.6 is 0 Å². The number of ketones is 1. The van der Waals surface area contributed by atoms with Crippen molar-refractivity contribution in [2.45, 2.75) is 0 Å². The molecule has 0 heterocycles. The summed E-state index contributed by atoms with van der Waals surface area (Å²) in [5.41, 5.74) is 1.74. The molecule has 0 saturated heterocycles. The highest BCUT2D eigenvalue weighted by atomic mass is 16.5. The Kier molecular flexibility index (Phi) is 4.15. The van der Waals surface area contributed by atoms with Crippen LogP contribution in [0, 0.1) is 0 Å². The van der Waals surface area contributed by atoms with Gasteiger partial charge >= 0.3 is 11.8 Å². The molecule has 4 heteroatoms. The quantitative estimate of drug-likeness (QED) is 0.678. The molecular formula is C16H16O4+2. The molecule has 20 heavy (non-hydrogen) atoms. The fourth-order valence-electron chi connectivity index (χ4n) is 1.94. The molecular weight excluding hydrogens is 256 g/mol. The van der Waals surface area contributed by atoms with Gasteiger partial charge in [-0.15, -0.1) is 0 Å². The maximum Gasteiger partial charge on any atom is 0.516 e. The maximum absolute atomic E-state index is 9.54. The van der Waals surface area contributed by atoms with Gasteiger partial charge in [-0.2, -0.15) is 0 Å². The van der Waals surface area contributed by atoms with Gasteiger partial charge in [0.05, 0.1) is 7.11 Å². The van der Waals surface area contributed by atoms with E-state index in [1.54, 1.807) is 62.8 Å². The lowest BCUT2D eigenvalue weighted by atomic mass is 9.96. The summed E-state index contributed by atoms with van der Waals surface area (Å²) in [5, 5.41) is 9.54. The molecule has 2 N–H and O–H groups in total. The number of carboxylic acids is 1. The molecule has 0 amide bonds. The Hall–Kier alpha value is -2.62. The summed E-state index contributed by atoms with van der Waals surface area (Å²) in [5.74, 6) is 0.695. The molecule has 0 fully saturated rings. The Morgan fingerprint density at radius 2 is 1.70 bits per heavy atom. The van der Waals surface area contributed by atoms with E-state index < -0.39 is 5.97 Å². The van der Waals surface area contributed by atoms with Crippen molar-refractivity contribution in [1.82, 2.24) is 0 Å². The zero-order valence-corrected chi connectivity index (χ0v) is 11.3. The highest BCUT2D eigenvalue weighted by molar-refractivity contribution is 6.19. The minimum atomic E-state index is -0.722. The zero-order valence-electron chi connectivity index (χ0n) is 11.3. The van der Waals surface area contributed by atoms with E-state index in [-0.39, 0.29) is 0 Å². The molecule has 1 aliphatic rings. The van der Waals surface area contributed by atoms with Crippen LogP contribution < -0.4 is 4.74 Å². The molecule has 0 aromatic heterocycles. The van der Waals surface area contributed by atoms with Gasteiger partial charge in [-0.3, -0.25) is 4.42 Å². The average molecular weight is 272 g/mol. The van der Waals surface area contributed by atoms with Crippen LogP contribution in [0.2, 0.25) is 0 Å². The molecule has 0 spiro atoms. The molecule has 1 aliphatic carbocycles. The highest BCUT2D eigenvalue weighted by Gasteiger charge is 2.22. The summed E-state index contributed by atoms with van der Waals surface area (Å²) in [6.07, 6.45) is 7.07. The Morgan fingerprint density at radius 1 is 1.10 bits per heavy atom. The molecule has 2 rings (SSSR count). The van der Waals surface area contributed by atoms with Crippen molar-refractivity contribution in [3.05, 3.63) is 59.7 Å². The van der Waals surface area contributed by atoms with Crippen LogP contribution in [0.1, 0.15) is 5.56 Å². The van der Waals surface area contributed by atoms with Crippen LogP contribution in [0.4, 0.5) is 0 Å². The van der Waals surface area contributed by atoms with Crippen LogP contribution in [-0.4, -0.2) is 35.9 Å². The van der Waals surface area contributed by atoms with E-state index in [2.05, 4.69) is 0 Å². The number of aliphatic hydroxyl groups excluding tert-OH is 1. The predicted molar refractivity (Wildman–Crippen MR) is 78.7 cm³/mol. The number of hydrogen-bond acceptors (Lipinski definition) is 1. The highest BCUT2D eigenvalue weighted by Crippen LogP contribution is 2.24. The molecule has 0 saturated carbocycles. The number of allylic oxidation sites excluding steroid dienone is 5. The first-order valence-electron chi connectivity index (χ1n) is 6.06. The number of ether oxygens (including phenoxy) is 1. The first kappa shape index (κ1) is 13.8. The van der Waals surface area contributed by atoms with Gasteiger partial charge in [-0.25, -0.2) is 0 Å². The SMILES string of the molecule is COc1ccc(C(C(O)=[OH+])=C2C=CC(=[O+]C)C=C2)cc1. The summed E-state index contributed by atoms with van der Waals surface area (Å²) in [6, 6.07) is 7.07. The van der Waals surface area contributed by atoms with Gasteiger partial charge < -0.3 is 14.6 Å². The first-order chi connectivity index (χ1) is 9.65. The number of carboxylic acid groups (broad SMARTS) is 1. The average Bonchev–Trinajstić information content (AvgIpc) is 2.48. The summed E-state index contributed by atoms with van der Waals surface area (Å²) < 4.78 is 10.2. The number of rotatable bonds is 3. The van der Waals surface area contributed by atoms with Gasteiger partial charge in [0, 0.05) is 12.2 Å². The lowest BCUT2D eigenvalue weighted by molar-refractivity contribution is -0.417. The van der Waals surface area contributed by atoms with Crippen LogP contribution in [-0.2, 0) is 4.42 Å². The van der Waals surface area contributed by atoms with Crippen molar-refractivity contribution in [3.8, 4) is 5.75 Å². The summed E-state index contributed by atoms with van der Waals surface area (Å²) in [7, 11) is 3.16. The van der Waals surface area contributed by atoms with E-state index >= 15 is 0 Å². The number of carbonyl (C=O) groups excluding carboxylic acids is 1. The van der Waals surface area contributed by atoms with E-state index in [1.807, 2.05) is 0 Å². The minimum Gasteiger partial charge on any atom is -0.497 e. The molecule has 1 aromatic rings. The lowest BCUT2D eigenvalue weighted by Crippen LogP contribution is -2.05. The summed E-state index contributed by atoms with van der Waals surface area (Å²) in [6.45, 7) is 0. The van der Waals surface area contributed by atoms with Crippen molar-refractivity contribution in [1.29, 1.82) is 0 Å². The third-order valence-corrected chi connectivity index (χ3v) is 2.98. The van der Waals surface area contributed by atoms with Gasteiger partial charge in [0.25, 0.3) is 7.11 Å². The topological polar surface area (TPSA) is 62.2 Å². The first-order valence-corrected chi connectivity index (χ1v) is 6.06. The van der Waals surface area contributed by atoms with Gasteiger partial charge in [0.2, 0.25) is 0 Å². The van der Waals surface area contributed by atoms with Gasteiger partial charge in [-0.05, 0) is 35.4 Å². The smallest absolute Gasteiger partial charge is 0.497 e. The maximum atomic E-state index is 9.54.